The SMILES string of the molecule is CC(N)c1nc(CNC2C3C4CCC(C4)C23)cs1. The summed E-state index contributed by atoms with van der Waals surface area (Å²) in [6.07, 6.45) is 4.52. The van der Waals surface area contributed by atoms with Gasteiger partial charge in [0.25, 0.3) is 0 Å². The molecule has 1 aromatic heterocycles. The van der Waals surface area contributed by atoms with Crippen molar-refractivity contribution in [3.05, 3.63) is 16.1 Å². The Bertz CT molecular complexity index is 440. The van der Waals surface area contributed by atoms with Crippen LogP contribution in [0.1, 0.15) is 42.9 Å². The summed E-state index contributed by atoms with van der Waals surface area (Å²) in [5.41, 5.74) is 7.01. The molecule has 0 spiro atoms. The van der Waals surface area contributed by atoms with Gasteiger partial charge in [0, 0.05) is 18.0 Å². The summed E-state index contributed by atoms with van der Waals surface area (Å²) in [4.78, 5) is 4.59. The molecule has 1 heterocycles. The molecule has 3 fully saturated rings. The van der Waals surface area contributed by atoms with E-state index in [0.29, 0.717) is 0 Å². The number of aromatic nitrogens is 1. The zero-order valence-electron chi connectivity index (χ0n) is 10.8. The lowest BCUT2D eigenvalue weighted by molar-refractivity contribution is 0.456. The first-order chi connectivity index (χ1) is 8.74. The maximum absolute atomic E-state index is 5.84. The zero-order chi connectivity index (χ0) is 12.3. The Labute approximate surface area is 112 Å². The maximum atomic E-state index is 5.84. The van der Waals surface area contributed by atoms with Crippen molar-refractivity contribution in [2.24, 2.45) is 29.4 Å². The van der Waals surface area contributed by atoms with Gasteiger partial charge in [-0.2, -0.15) is 0 Å². The number of hydrogen-bond acceptors (Lipinski definition) is 4. The van der Waals surface area contributed by atoms with Crippen LogP contribution in [-0.4, -0.2) is 11.0 Å². The van der Waals surface area contributed by atoms with Crippen molar-refractivity contribution in [3.8, 4) is 0 Å². The van der Waals surface area contributed by atoms with Crippen LogP contribution in [0, 0.1) is 23.7 Å². The number of rotatable bonds is 4. The standard InChI is InChI=1S/C14H21N3S/c1-7(15)14-17-10(6-18-14)5-16-13-11-8-2-3-9(4-8)12(11)13/h6-9,11-13,16H,2-5,15H2,1H3. The first-order valence-electron chi connectivity index (χ1n) is 7.17. The second kappa shape index (κ2) is 4.02. The van der Waals surface area contributed by atoms with Gasteiger partial charge < -0.3 is 11.1 Å². The van der Waals surface area contributed by atoms with Crippen molar-refractivity contribution < 1.29 is 0 Å². The molecule has 3 nitrogen and oxygen atoms in total. The van der Waals surface area contributed by atoms with Gasteiger partial charge in [-0.05, 0) is 49.9 Å². The summed E-state index contributed by atoms with van der Waals surface area (Å²) in [6.45, 7) is 2.93. The van der Waals surface area contributed by atoms with E-state index in [2.05, 4.69) is 15.7 Å². The Morgan fingerprint density at radius 2 is 2.17 bits per heavy atom. The third kappa shape index (κ3) is 1.66. The molecule has 0 aliphatic heterocycles. The van der Waals surface area contributed by atoms with Crippen molar-refractivity contribution in [2.45, 2.75) is 44.8 Å². The van der Waals surface area contributed by atoms with Crippen LogP contribution in [-0.2, 0) is 6.54 Å². The average Bonchev–Trinajstić information content (AvgIpc) is 2.81. The summed E-state index contributed by atoms with van der Waals surface area (Å²) < 4.78 is 0. The van der Waals surface area contributed by atoms with Crippen LogP contribution < -0.4 is 11.1 Å². The lowest BCUT2D eigenvalue weighted by atomic mass is 10.0. The van der Waals surface area contributed by atoms with Crippen LogP contribution in [0.2, 0.25) is 0 Å². The smallest absolute Gasteiger partial charge is 0.109 e. The molecule has 0 amide bonds. The lowest BCUT2D eigenvalue weighted by Gasteiger charge is -2.09. The maximum Gasteiger partial charge on any atom is 0.109 e. The first kappa shape index (κ1) is 11.4. The molecule has 3 aliphatic carbocycles. The van der Waals surface area contributed by atoms with Crippen molar-refractivity contribution in [2.75, 3.05) is 0 Å². The number of nitrogens with one attached hydrogen (secondary N) is 1. The minimum Gasteiger partial charge on any atom is -0.322 e. The van der Waals surface area contributed by atoms with E-state index in [1.54, 1.807) is 11.3 Å². The highest BCUT2D eigenvalue weighted by atomic mass is 32.1. The molecule has 5 atom stereocenters. The molecule has 0 radical (unpaired) electrons. The van der Waals surface area contributed by atoms with E-state index >= 15 is 0 Å². The van der Waals surface area contributed by atoms with Gasteiger partial charge in [-0.1, -0.05) is 0 Å². The van der Waals surface area contributed by atoms with E-state index in [9.17, 15) is 0 Å². The third-order valence-electron chi connectivity index (χ3n) is 5.21. The highest BCUT2D eigenvalue weighted by Gasteiger charge is 2.64. The van der Waals surface area contributed by atoms with Gasteiger partial charge in [0.1, 0.15) is 5.01 Å². The fraction of sp³-hybridized carbons (Fsp3) is 0.786. The molecule has 3 N–H and O–H groups in total. The number of thiazole rings is 1. The van der Waals surface area contributed by atoms with E-state index in [1.807, 2.05) is 6.92 Å². The van der Waals surface area contributed by atoms with E-state index in [-0.39, 0.29) is 6.04 Å². The Morgan fingerprint density at radius 3 is 2.78 bits per heavy atom. The quantitative estimate of drug-likeness (QED) is 0.876. The third-order valence-corrected chi connectivity index (χ3v) is 6.31. The van der Waals surface area contributed by atoms with Crippen molar-refractivity contribution >= 4 is 11.3 Å². The highest BCUT2D eigenvalue weighted by Crippen LogP contribution is 2.65. The first-order valence-corrected chi connectivity index (χ1v) is 8.05. The Morgan fingerprint density at radius 1 is 1.44 bits per heavy atom. The molecule has 0 saturated heterocycles. The monoisotopic (exact) mass is 263 g/mol. The number of nitrogens with zero attached hydrogens (tertiary/aromatic N) is 1. The summed E-state index contributed by atoms with van der Waals surface area (Å²) in [5.74, 6) is 4.12. The topological polar surface area (TPSA) is 50.9 Å². The molecule has 1 aromatic rings. The van der Waals surface area contributed by atoms with Crippen LogP contribution in [0.25, 0.3) is 0 Å². The van der Waals surface area contributed by atoms with E-state index < -0.39 is 0 Å². The Hall–Kier alpha value is -0.450. The van der Waals surface area contributed by atoms with Crippen LogP contribution >= 0.6 is 11.3 Å². The Kier molecular flexibility index (Phi) is 2.54. The van der Waals surface area contributed by atoms with Gasteiger partial charge in [-0.15, -0.1) is 11.3 Å². The highest BCUT2D eigenvalue weighted by molar-refractivity contribution is 7.09. The molecule has 3 saturated carbocycles. The van der Waals surface area contributed by atoms with Gasteiger partial charge in [-0.3, -0.25) is 0 Å². The van der Waals surface area contributed by atoms with E-state index in [0.717, 1.165) is 41.3 Å². The van der Waals surface area contributed by atoms with Crippen molar-refractivity contribution in [1.29, 1.82) is 0 Å². The van der Waals surface area contributed by atoms with Gasteiger partial charge in [0.05, 0.1) is 11.7 Å². The fourth-order valence-electron chi connectivity index (χ4n) is 4.43. The van der Waals surface area contributed by atoms with Crippen LogP contribution in [0.4, 0.5) is 0 Å². The molecule has 3 aliphatic rings. The predicted octanol–water partition coefficient (Wildman–Crippen LogP) is 2.30. The molecule has 4 heteroatoms. The van der Waals surface area contributed by atoms with Crippen LogP contribution in [0.5, 0.6) is 0 Å². The summed E-state index contributed by atoms with van der Waals surface area (Å²) in [5, 5.41) is 6.94. The molecule has 18 heavy (non-hydrogen) atoms. The van der Waals surface area contributed by atoms with Gasteiger partial charge in [0.15, 0.2) is 0 Å². The minimum absolute atomic E-state index is 0.0694. The van der Waals surface area contributed by atoms with Gasteiger partial charge in [0.2, 0.25) is 0 Å². The predicted molar refractivity (Wildman–Crippen MR) is 73.2 cm³/mol. The molecule has 98 valence electrons. The second-order valence-electron chi connectivity index (χ2n) is 6.36. The molecular formula is C14H21N3S. The van der Waals surface area contributed by atoms with Crippen molar-refractivity contribution in [3.63, 3.8) is 0 Å². The zero-order valence-corrected chi connectivity index (χ0v) is 11.6. The summed E-state index contributed by atoms with van der Waals surface area (Å²) >= 11 is 1.69. The summed E-state index contributed by atoms with van der Waals surface area (Å²) in [6, 6.07) is 0.872. The van der Waals surface area contributed by atoms with E-state index in [4.69, 9.17) is 5.73 Å². The molecule has 5 unspecified atom stereocenters. The average molecular weight is 263 g/mol. The lowest BCUT2D eigenvalue weighted by Crippen LogP contribution is -2.22. The molecular weight excluding hydrogens is 242 g/mol. The van der Waals surface area contributed by atoms with Crippen LogP contribution in [0.15, 0.2) is 5.38 Å². The minimum atomic E-state index is 0.0694. The summed E-state index contributed by atoms with van der Waals surface area (Å²) in [7, 11) is 0. The normalized spacial score (nSPS) is 42.0. The van der Waals surface area contributed by atoms with Gasteiger partial charge in [-0.25, -0.2) is 4.98 Å². The van der Waals surface area contributed by atoms with E-state index in [1.165, 1.54) is 25.0 Å². The van der Waals surface area contributed by atoms with Crippen LogP contribution in [0.3, 0.4) is 0 Å². The number of hydrogen-bond donors (Lipinski definition) is 2. The Balaban J connectivity index is 1.34. The molecule has 2 bridgehead atoms. The molecule has 4 rings (SSSR count). The fourth-order valence-corrected chi connectivity index (χ4v) is 5.21. The number of nitrogens with two attached hydrogens (primary N) is 1. The second-order valence-corrected chi connectivity index (χ2v) is 7.25. The van der Waals surface area contributed by atoms with Gasteiger partial charge >= 0.3 is 0 Å². The van der Waals surface area contributed by atoms with Crippen molar-refractivity contribution in [1.82, 2.24) is 10.3 Å². The number of fused-ring (bicyclic) bond motifs is 5. The largest absolute Gasteiger partial charge is 0.322 e. The molecule has 0 aromatic carbocycles.